The minimum atomic E-state index is -2.74. The molecule has 2 heterocycles. The van der Waals surface area contributed by atoms with E-state index in [2.05, 4.69) is 170 Å². The Morgan fingerprint density at radius 1 is 0.242 bits per heavy atom. The molecule has 10 aromatic carbocycles. The van der Waals surface area contributed by atoms with E-state index in [9.17, 15) is 0 Å². The summed E-state index contributed by atoms with van der Waals surface area (Å²) in [6.07, 6.45) is -8.13. The van der Waals surface area contributed by atoms with Gasteiger partial charge in [-0.05, 0) is 54.6 Å². The molecule has 0 aliphatic carbocycles. The van der Waals surface area contributed by atoms with Crippen LogP contribution in [-0.2, 0) is 106 Å². The van der Waals surface area contributed by atoms with E-state index in [1.165, 1.54) is 0 Å². The molecule has 0 unspecified atom stereocenters. The van der Waals surface area contributed by atoms with E-state index in [-0.39, 0.29) is 39.6 Å². The van der Waals surface area contributed by atoms with E-state index in [0.29, 0.717) is 12.3 Å². The van der Waals surface area contributed by atoms with Crippen LogP contribution in [0.25, 0.3) is 0 Å². The van der Waals surface area contributed by atoms with Gasteiger partial charge in [0.1, 0.15) is 36.6 Å². The highest BCUT2D eigenvalue weighted by Gasteiger charge is 2.55. The SMILES string of the molecule is S=P(C[C@H]1O[C@H](O[C@H]2O[C@H](CP(=S)(c3ccccc3)c3ccccc3)[C@@H](OCc3ccccc3)[C@H](OCc3ccccc3)[C@H]2OCc2ccccc2)[C@H](OCc2ccccc2)[C@@H](OCc2ccccc2)[C@@H]1OCc1ccccc1)(c1ccccc1)c1ccccc1. The number of hydrogen-bond acceptors (Lipinski definition) is 11. The molecule has 2 aliphatic heterocycles. The molecule has 0 bridgehead atoms. The van der Waals surface area contributed by atoms with Crippen molar-refractivity contribution in [2.45, 2.75) is 101 Å². The molecule has 2 aliphatic rings. The third-order valence-corrected chi connectivity index (χ3v) is 26.4. The highest BCUT2D eigenvalue weighted by Crippen LogP contribution is 2.50. The molecule has 0 saturated carbocycles. The third-order valence-electron chi connectivity index (χ3n) is 16.7. The number of rotatable bonds is 28. The Labute approximate surface area is 546 Å². The summed E-state index contributed by atoms with van der Waals surface area (Å²) >= 11 is 14.3. The van der Waals surface area contributed by atoms with E-state index in [1.807, 2.05) is 133 Å². The first-order valence-electron chi connectivity index (χ1n) is 31.2. The Morgan fingerprint density at radius 3 is 0.648 bits per heavy atom. The van der Waals surface area contributed by atoms with Crippen molar-refractivity contribution >= 4 is 56.9 Å². The van der Waals surface area contributed by atoms with Gasteiger partial charge in [-0.2, -0.15) is 0 Å². The summed E-state index contributed by atoms with van der Waals surface area (Å²) in [5, 5.41) is 4.18. The molecule has 12 rings (SSSR count). The Kier molecular flexibility index (Phi) is 22.7. The van der Waals surface area contributed by atoms with Crippen LogP contribution in [0, 0.1) is 0 Å². The van der Waals surface area contributed by atoms with E-state index < -0.39 is 73.5 Å². The fourth-order valence-electron chi connectivity index (χ4n) is 12.0. The van der Waals surface area contributed by atoms with Crippen LogP contribution in [0.5, 0.6) is 0 Å². The zero-order chi connectivity index (χ0) is 61.9. The largest absolute Gasteiger partial charge is 0.368 e. The minimum absolute atomic E-state index is 0.194. The van der Waals surface area contributed by atoms with E-state index >= 15 is 0 Å². The van der Waals surface area contributed by atoms with Gasteiger partial charge >= 0.3 is 0 Å². The standard InChI is InChI=1S/C78H76O9P2S2/c90-88(65-43-23-7-24-44-65,66-45-25-8-26-46-66)57-69-71(79-51-59-31-11-1-12-32-59)73(81-53-61-35-15-3-16-36-61)75(83-55-63-39-19-5-20-40-63)77(85-69)87-78-76(84-56-64-41-21-6-22-42-64)74(82-54-62-37-17-4-18-38-62)72(80-52-60-33-13-2-14-34-60)70(86-78)58-89(91,67-47-27-9-28-48-67)68-49-29-10-30-50-68/h1-50,69-78H,51-58H2/t69-,70-,71-,72-,73+,74+,75-,76-,77-,78-/m1/s1. The Bertz CT molecular complexity index is 3500. The van der Waals surface area contributed by atoms with Gasteiger partial charge in [-0.3, -0.25) is 0 Å². The minimum Gasteiger partial charge on any atom is -0.368 e. The van der Waals surface area contributed by atoms with Crippen molar-refractivity contribution in [3.05, 3.63) is 337 Å². The van der Waals surface area contributed by atoms with Gasteiger partial charge in [-0.15, -0.1) is 0 Å². The highest BCUT2D eigenvalue weighted by atomic mass is 32.4. The Balaban J connectivity index is 1.03. The van der Waals surface area contributed by atoms with Crippen molar-refractivity contribution in [2.24, 2.45) is 0 Å². The summed E-state index contributed by atoms with van der Waals surface area (Å²) in [6.45, 7) is 1.37. The maximum atomic E-state index is 7.82. The number of benzene rings is 10. The van der Waals surface area contributed by atoms with Crippen molar-refractivity contribution in [1.82, 2.24) is 0 Å². The molecule has 13 heteroatoms. The first-order valence-corrected chi connectivity index (χ1v) is 37.1. The van der Waals surface area contributed by atoms with Gasteiger partial charge in [0.05, 0.1) is 51.8 Å². The zero-order valence-electron chi connectivity index (χ0n) is 50.7. The van der Waals surface area contributed by atoms with Crippen molar-refractivity contribution < 1.29 is 42.6 Å². The molecule has 2 fully saturated rings. The van der Waals surface area contributed by atoms with Crippen LogP contribution < -0.4 is 21.2 Å². The van der Waals surface area contributed by atoms with Gasteiger partial charge in [0.25, 0.3) is 0 Å². The van der Waals surface area contributed by atoms with Crippen LogP contribution >= 0.6 is 12.1 Å². The molecule has 91 heavy (non-hydrogen) atoms. The average molecular weight is 1280 g/mol. The molecule has 0 amide bonds. The molecule has 0 spiro atoms. The number of ether oxygens (including phenoxy) is 9. The Hall–Kier alpha value is -6.86. The molecule has 10 atom stereocenters. The lowest BCUT2D eigenvalue weighted by Crippen LogP contribution is -2.66. The van der Waals surface area contributed by atoms with Crippen molar-refractivity contribution in [3.8, 4) is 0 Å². The summed E-state index contributed by atoms with van der Waals surface area (Å²) < 4.78 is 67.6. The zero-order valence-corrected chi connectivity index (χ0v) is 54.1. The fraction of sp³-hybridized carbons (Fsp3) is 0.231. The molecule has 464 valence electrons. The second kappa shape index (κ2) is 32.1. The lowest BCUT2D eigenvalue weighted by molar-refractivity contribution is -0.388. The smallest absolute Gasteiger partial charge is 0.190 e. The molecular weight excluding hydrogens is 1210 g/mol. The number of hydrogen-bond donors (Lipinski definition) is 0. The average Bonchev–Trinajstić information content (AvgIpc) is 0.971. The van der Waals surface area contributed by atoms with Crippen LogP contribution in [0.2, 0.25) is 0 Å². The molecule has 0 aromatic heterocycles. The fourth-order valence-corrected chi connectivity index (χ4v) is 20.0. The van der Waals surface area contributed by atoms with Gasteiger partial charge < -0.3 is 42.6 Å². The van der Waals surface area contributed by atoms with Crippen LogP contribution in [0.15, 0.2) is 303 Å². The molecule has 2 saturated heterocycles. The molecule has 10 aromatic rings. The first kappa shape index (κ1) is 64.3. The normalized spacial score (nSPS) is 21.8. The molecule has 9 nitrogen and oxygen atoms in total. The van der Waals surface area contributed by atoms with Gasteiger partial charge in [0, 0.05) is 24.4 Å². The third kappa shape index (κ3) is 16.7. The maximum absolute atomic E-state index is 7.82. The van der Waals surface area contributed by atoms with Crippen LogP contribution in [-0.4, -0.2) is 73.7 Å². The van der Waals surface area contributed by atoms with Crippen molar-refractivity contribution in [2.75, 3.05) is 12.3 Å². The van der Waals surface area contributed by atoms with Gasteiger partial charge in [-0.1, -0.05) is 327 Å². The first-order chi connectivity index (χ1) is 44.9. The molecular formula is C78H76O9P2S2. The van der Waals surface area contributed by atoms with Crippen molar-refractivity contribution in [1.29, 1.82) is 0 Å². The monoisotopic (exact) mass is 1280 g/mol. The summed E-state index contributed by atoms with van der Waals surface area (Å²) in [6, 6.07) is 97.3. The van der Waals surface area contributed by atoms with E-state index in [0.717, 1.165) is 54.6 Å². The van der Waals surface area contributed by atoms with Crippen LogP contribution in [0.1, 0.15) is 33.4 Å². The van der Waals surface area contributed by atoms with E-state index in [4.69, 9.17) is 66.2 Å². The van der Waals surface area contributed by atoms with Crippen LogP contribution in [0.4, 0.5) is 0 Å². The predicted molar refractivity (Wildman–Crippen MR) is 371 cm³/mol. The van der Waals surface area contributed by atoms with Gasteiger partial charge in [-0.25, -0.2) is 0 Å². The molecule has 0 N–H and O–H groups in total. The maximum Gasteiger partial charge on any atom is 0.190 e. The van der Waals surface area contributed by atoms with Gasteiger partial charge in [0.2, 0.25) is 0 Å². The quantitative estimate of drug-likeness (QED) is 0.0440. The van der Waals surface area contributed by atoms with Crippen molar-refractivity contribution in [3.63, 3.8) is 0 Å². The van der Waals surface area contributed by atoms with Gasteiger partial charge in [0.15, 0.2) is 12.6 Å². The predicted octanol–water partition coefficient (Wildman–Crippen LogP) is 14.2. The lowest BCUT2D eigenvalue weighted by atomic mass is 9.97. The lowest BCUT2D eigenvalue weighted by Gasteiger charge is -2.51. The summed E-state index contributed by atoms with van der Waals surface area (Å²) in [7, 11) is 0. The second-order valence-corrected chi connectivity index (χ2v) is 32.5. The highest BCUT2D eigenvalue weighted by molar-refractivity contribution is 8.22. The Morgan fingerprint density at radius 2 is 0.429 bits per heavy atom. The topological polar surface area (TPSA) is 83.1 Å². The molecule has 0 radical (unpaired) electrons. The summed E-state index contributed by atoms with van der Waals surface area (Å²) in [5.74, 6) is 0. The second-order valence-electron chi connectivity index (χ2n) is 23.0. The van der Waals surface area contributed by atoms with E-state index in [1.54, 1.807) is 0 Å². The van der Waals surface area contributed by atoms with Crippen LogP contribution in [0.3, 0.4) is 0 Å². The summed E-state index contributed by atoms with van der Waals surface area (Å²) in [5.41, 5.74) is 5.84. The summed E-state index contributed by atoms with van der Waals surface area (Å²) in [4.78, 5) is 0.